The van der Waals surface area contributed by atoms with E-state index in [9.17, 15) is 5.11 Å². The van der Waals surface area contributed by atoms with Crippen molar-refractivity contribution in [3.63, 3.8) is 0 Å². The van der Waals surface area contributed by atoms with Gasteiger partial charge in [-0.3, -0.25) is 4.90 Å². The molecule has 0 aliphatic carbocycles. The molecule has 0 saturated carbocycles. The van der Waals surface area contributed by atoms with E-state index < -0.39 is 0 Å². The molecule has 3 unspecified atom stereocenters. The maximum atomic E-state index is 9.61. The van der Waals surface area contributed by atoms with Crippen LogP contribution >= 0.6 is 0 Å². The number of likely N-dealkylation sites (tertiary alicyclic amines) is 1. The lowest BCUT2D eigenvalue weighted by Gasteiger charge is -2.42. The minimum atomic E-state index is -0.178. The highest BCUT2D eigenvalue weighted by molar-refractivity contribution is 4.90. The summed E-state index contributed by atoms with van der Waals surface area (Å²) in [5, 5.41) is 13.1. The van der Waals surface area contributed by atoms with Crippen LogP contribution in [-0.4, -0.2) is 47.3 Å². The summed E-state index contributed by atoms with van der Waals surface area (Å²) in [6.45, 7) is 13.3. The van der Waals surface area contributed by atoms with E-state index in [1.807, 2.05) is 0 Å². The molecule has 0 spiro atoms. The van der Waals surface area contributed by atoms with Crippen LogP contribution in [0.2, 0.25) is 0 Å². The molecule has 1 saturated heterocycles. The van der Waals surface area contributed by atoms with Gasteiger partial charge in [-0.05, 0) is 39.2 Å². The minimum Gasteiger partial charge on any atom is -0.394 e. The molecular weight excluding hydrogens is 212 g/mol. The molecule has 0 aromatic rings. The fraction of sp³-hybridized carbons (Fsp3) is 1.00. The van der Waals surface area contributed by atoms with Crippen molar-refractivity contribution in [1.29, 1.82) is 0 Å². The Hall–Kier alpha value is -0.120. The summed E-state index contributed by atoms with van der Waals surface area (Å²) in [4.78, 5) is 2.52. The lowest BCUT2D eigenvalue weighted by atomic mass is 9.91. The Bertz CT molecular complexity index is 232. The molecule has 3 nitrogen and oxygen atoms in total. The number of nitrogens with one attached hydrogen (secondary N) is 1. The Morgan fingerprint density at radius 3 is 2.53 bits per heavy atom. The normalized spacial score (nSPS) is 30.5. The van der Waals surface area contributed by atoms with E-state index >= 15 is 0 Å². The van der Waals surface area contributed by atoms with Crippen molar-refractivity contribution in [2.45, 2.75) is 65.1 Å². The standard InChI is InChI=1S/C14H30N2O/c1-11(2)15-14(5,10-17)9-16-7-6-12(3)8-13(16)4/h11-13,15,17H,6-10H2,1-5H3. The van der Waals surface area contributed by atoms with Crippen LogP contribution in [0.1, 0.15) is 47.5 Å². The molecule has 2 N–H and O–H groups in total. The molecule has 0 aromatic heterocycles. The van der Waals surface area contributed by atoms with Crippen LogP contribution in [0.15, 0.2) is 0 Å². The molecule has 102 valence electrons. The van der Waals surface area contributed by atoms with Gasteiger partial charge >= 0.3 is 0 Å². The molecule has 1 aliphatic heterocycles. The zero-order chi connectivity index (χ0) is 13.1. The second kappa shape index (κ2) is 6.17. The van der Waals surface area contributed by atoms with Gasteiger partial charge in [-0.2, -0.15) is 0 Å². The van der Waals surface area contributed by atoms with Gasteiger partial charge in [0, 0.05) is 18.6 Å². The van der Waals surface area contributed by atoms with Crippen molar-refractivity contribution < 1.29 is 5.11 Å². The van der Waals surface area contributed by atoms with E-state index in [1.54, 1.807) is 0 Å². The zero-order valence-corrected chi connectivity index (χ0v) is 12.2. The highest BCUT2D eigenvalue weighted by atomic mass is 16.3. The summed E-state index contributed by atoms with van der Waals surface area (Å²) in [6, 6.07) is 1.05. The van der Waals surface area contributed by atoms with Crippen LogP contribution in [-0.2, 0) is 0 Å². The zero-order valence-electron chi connectivity index (χ0n) is 12.2. The van der Waals surface area contributed by atoms with E-state index in [4.69, 9.17) is 0 Å². The molecule has 0 radical (unpaired) electrons. The molecule has 1 heterocycles. The van der Waals surface area contributed by atoms with Gasteiger partial charge in [-0.15, -0.1) is 0 Å². The molecule has 3 atom stereocenters. The number of nitrogens with zero attached hydrogens (tertiary/aromatic N) is 1. The van der Waals surface area contributed by atoms with Gasteiger partial charge in [0.2, 0.25) is 0 Å². The largest absolute Gasteiger partial charge is 0.394 e. The topological polar surface area (TPSA) is 35.5 Å². The first kappa shape index (κ1) is 14.9. The smallest absolute Gasteiger partial charge is 0.0623 e. The van der Waals surface area contributed by atoms with E-state index in [1.165, 1.54) is 12.8 Å². The first-order chi connectivity index (χ1) is 7.86. The van der Waals surface area contributed by atoms with Crippen molar-refractivity contribution in [2.24, 2.45) is 5.92 Å². The second-order valence-electron chi connectivity index (χ2n) is 6.47. The lowest BCUT2D eigenvalue weighted by molar-refractivity contribution is 0.0630. The Labute approximate surface area is 107 Å². The van der Waals surface area contributed by atoms with E-state index in [0.29, 0.717) is 12.1 Å². The third-order valence-electron chi connectivity index (χ3n) is 3.81. The van der Waals surface area contributed by atoms with Crippen molar-refractivity contribution >= 4 is 0 Å². The molecule has 0 amide bonds. The van der Waals surface area contributed by atoms with Crippen LogP contribution < -0.4 is 5.32 Å². The highest BCUT2D eigenvalue weighted by Crippen LogP contribution is 2.23. The van der Waals surface area contributed by atoms with Gasteiger partial charge in [0.1, 0.15) is 0 Å². The van der Waals surface area contributed by atoms with Gasteiger partial charge < -0.3 is 10.4 Å². The van der Waals surface area contributed by atoms with Crippen molar-refractivity contribution in [1.82, 2.24) is 10.2 Å². The third kappa shape index (κ3) is 4.57. The molecule has 0 aromatic carbocycles. The number of rotatable bonds is 5. The maximum Gasteiger partial charge on any atom is 0.0623 e. The first-order valence-corrected chi connectivity index (χ1v) is 6.99. The highest BCUT2D eigenvalue weighted by Gasteiger charge is 2.31. The summed E-state index contributed by atoms with van der Waals surface area (Å²) < 4.78 is 0. The number of aliphatic hydroxyl groups is 1. The molecule has 3 heteroatoms. The summed E-state index contributed by atoms with van der Waals surface area (Å²) in [6.07, 6.45) is 2.57. The molecule has 1 fully saturated rings. The average molecular weight is 242 g/mol. The molecular formula is C14H30N2O. The van der Waals surface area contributed by atoms with Gasteiger partial charge in [-0.25, -0.2) is 0 Å². The SMILES string of the molecule is CC1CCN(CC(C)(CO)NC(C)C)C(C)C1. The van der Waals surface area contributed by atoms with E-state index in [2.05, 4.69) is 44.8 Å². The maximum absolute atomic E-state index is 9.61. The Kier molecular flexibility index (Phi) is 5.42. The number of piperidine rings is 1. The van der Waals surface area contributed by atoms with Crippen molar-refractivity contribution in [3.8, 4) is 0 Å². The number of hydrogen-bond acceptors (Lipinski definition) is 3. The molecule has 1 aliphatic rings. The molecule has 1 rings (SSSR count). The van der Waals surface area contributed by atoms with E-state index in [-0.39, 0.29) is 12.1 Å². The Morgan fingerprint density at radius 1 is 1.41 bits per heavy atom. The van der Waals surface area contributed by atoms with Crippen LogP contribution in [0, 0.1) is 5.92 Å². The fourth-order valence-electron chi connectivity index (χ4n) is 2.98. The monoisotopic (exact) mass is 242 g/mol. The van der Waals surface area contributed by atoms with E-state index in [0.717, 1.165) is 19.0 Å². The fourth-order valence-corrected chi connectivity index (χ4v) is 2.98. The van der Waals surface area contributed by atoms with Crippen LogP contribution in [0.25, 0.3) is 0 Å². The van der Waals surface area contributed by atoms with Gasteiger partial charge in [-0.1, -0.05) is 20.8 Å². The predicted octanol–water partition coefficient (Wildman–Crippen LogP) is 1.86. The predicted molar refractivity (Wildman–Crippen MR) is 73.2 cm³/mol. The van der Waals surface area contributed by atoms with Crippen LogP contribution in [0.4, 0.5) is 0 Å². The van der Waals surface area contributed by atoms with Gasteiger partial charge in [0.05, 0.1) is 12.1 Å². The summed E-state index contributed by atoms with van der Waals surface area (Å²) in [7, 11) is 0. The second-order valence-corrected chi connectivity index (χ2v) is 6.47. The van der Waals surface area contributed by atoms with Crippen molar-refractivity contribution in [2.75, 3.05) is 19.7 Å². The van der Waals surface area contributed by atoms with Crippen LogP contribution in [0.3, 0.4) is 0 Å². The number of aliphatic hydroxyl groups excluding tert-OH is 1. The number of hydrogen-bond donors (Lipinski definition) is 2. The molecule has 17 heavy (non-hydrogen) atoms. The van der Waals surface area contributed by atoms with Gasteiger partial charge in [0.25, 0.3) is 0 Å². The minimum absolute atomic E-state index is 0.178. The third-order valence-corrected chi connectivity index (χ3v) is 3.81. The summed E-state index contributed by atoms with van der Waals surface area (Å²) in [5.41, 5.74) is -0.178. The Balaban J connectivity index is 2.55. The van der Waals surface area contributed by atoms with Crippen molar-refractivity contribution in [3.05, 3.63) is 0 Å². The average Bonchev–Trinajstić information content (AvgIpc) is 2.21. The quantitative estimate of drug-likeness (QED) is 0.772. The molecule has 0 bridgehead atoms. The first-order valence-electron chi connectivity index (χ1n) is 6.99. The summed E-state index contributed by atoms with van der Waals surface area (Å²) in [5.74, 6) is 0.847. The Morgan fingerprint density at radius 2 is 2.06 bits per heavy atom. The van der Waals surface area contributed by atoms with Gasteiger partial charge in [0.15, 0.2) is 0 Å². The summed E-state index contributed by atoms with van der Waals surface area (Å²) >= 11 is 0. The van der Waals surface area contributed by atoms with Crippen LogP contribution in [0.5, 0.6) is 0 Å². The lowest BCUT2D eigenvalue weighted by Crippen LogP contribution is -2.58.